The Morgan fingerprint density at radius 2 is 1.90 bits per heavy atom. The van der Waals surface area contributed by atoms with E-state index in [0.29, 0.717) is 11.9 Å². The molecule has 0 aliphatic carbocycles. The molecule has 0 aliphatic rings. The fourth-order valence-corrected chi connectivity index (χ4v) is 2.45. The lowest BCUT2D eigenvalue weighted by atomic mass is 10.1. The van der Waals surface area contributed by atoms with Crippen LogP contribution in [0, 0.1) is 12.3 Å². The van der Waals surface area contributed by atoms with Gasteiger partial charge in [-0.2, -0.15) is 0 Å². The van der Waals surface area contributed by atoms with Crippen molar-refractivity contribution in [2.75, 3.05) is 0 Å². The highest BCUT2D eigenvalue weighted by Gasteiger charge is 2.20. The van der Waals surface area contributed by atoms with E-state index in [2.05, 4.69) is 4.98 Å². The maximum atomic E-state index is 12.3. The molecule has 20 heavy (non-hydrogen) atoms. The van der Waals surface area contributed by atoms with Gasteiger partial charge in [-0.3, -0.25) is 0 Å². The summed E-state index contributed by atoms with van der Waals surface area (Å²) in [5.41, 5.74) is 2.96. The van der Waals surface area contributed by atoms with E-state index in [4.69, 9.17) is 5.39 Å². The summed E-state index contributed by atoms with van der Waals surface area (Å²) in [7, 11) is 0. The van der Waals surface area contributed by atoms with Crippen molar-refractivity contribution >= 4 is 16.6 Å². The number of benzene rings is 2. The van der Waals surface area contributed by atoms with Gasteiger partial charge < -0.3 is 9.67 Å². The lowest BCUT2D eigenvalue weighted by molar-refractivity contribution is -0.276. The quantitative estimate of drug-likeness (QED) is 0.664. The Balaban J connectivity index is 2.21. The van der Waals surface area contributed by atoms with Crippen LogP contribution in [0.5, 0.6) is 5.88 Å². The molecule has 4 nitrogen and oxygen atoms in total. The summed E-state index contributed by atoms with van der Waals surface area (Å²) in [6.45, 7) is 2.41. The van der Waals surface area contributed by atoms with Crippen molar-refractivity contribution in [3.8, 4) is 5.88 Å². The van der Waals surface area contributed by atoms with E-state index in [9.17, 15) is 5.11 Å². The minimum Gasteiger partial charge on any atom is -0.854 e. The molecule has 1 heterocycles. The van der Waals surface area contributed by atoms with Crippen molar-refractivity contribution in [2.45, 2.75) is 13.5 Å². The average molecular weight is 263 g/mol. The van der Waals surface area contributed by atoms with Crippen LogP contribution in [-0.4, -0.2) is 4.57 Å². The van der Waals surface area contributed by atoms with Crippen LogP contribution < -0.4 is 5.11 Å². The minimum absolute atomic E-state index is 0.111. The third kappa shape index (κ3) is 1.90. The fraction of sp³-hybridized carbons (Fsp3) is 0.125. The standard InChI is InChI=1S/C16H13N3O/c1-11-7-8-14-13(9-11)15(18-17)16(20)19(14)10-12-5-3-2-4-6-12/h2-9H,10H2,1H3. The van der Waals surface area contributed by atoms with Gasteiger partial charge in [0.15, 0.2) is 4.98 Å². The molecule has 3 rings (SSSR count). The molecular weight excluding hydrogens is 250 g/mol. The second kappa shape index (κ2) is 4.71. The summed E-state index contributed by atoms with van der Waals surface area (Å²) in [4.78, 5) is 3.17. The third-order valence-corrected chi connectivity index (χ3v) is 3.43. The molecule has 0 spiro atoms. The molecule has 4 heteroatoms. The zero-order chi connectivity index (χ0) is 14.1. The highest BCUT2D eigenvalue weighted by atomic mass is 16.3. The molecule has 1 aromatic heterocycles. The smallest absolute Gasteiger partial charge is 0.402 e. The van der Waals surface area contributed by atoms with Crippen LogP contribution in [0.25, 0.3) is 15.9 Å². The number of hydrogen-bond acceptors (Lipinski definition) is 2. The molecule has 0 aliphatic heterocycles. The molecule has 0 bridgehead atoms. The van der Waals surface area contributed by atoms with Crippen LogP contribution in [-0.2, 0) is 6.54 Å². The predicted octanol–water partition coefficient (Wildman–Crippen LogP) is 3.56. The van der Waals surface area contributed by atoms with Gasteiger partial charge in [0.2, 0.25) is 5.39 Å². The Morgan fingerprint density at radius 3 is 2.60 bits per heavy atom. The topological polar surface area (TPSA) is 56.1 Å². The number of aryl methyl sites for hydroxylation is 1. The second-order valence-electron chi connectivity index (χ2n) is 4.85. The summed E-state index contributed by atoms with van der Waals surface area (Å²) < 4.78 is 1.64. The van der Waals surface area contributed by atoms with Gasteiger partial charge in [0.25, 0.3) is 0 Å². The minimum atomic E-state index is -0.267. The van der Waals surface area contributed by atoms with Crippen molar-refractivity contribution in [2.24, 2.45) is 0 Å². The Morgan fingerprint density at radius 1 is 1.15 bits per heavy atom. The van der Waals surface area contributed by atoms with E-state index < -0.39 is 0 Å². The molecule has 0 saturated carbocycles. The third-order valence-electron chi connectivity index (χ3n) is 3.43. The van der Waals surface area contributed by atoms with Gasteiger partial charge in [-0.1, -0.05) is 42.0 Å². The molecule has 0 atom stereocenters. The van der Waals surface area contributed by atoms with E-state index in [0.717, 1.165) is 16.6 Å². The Kier molecular flexibility index (Phi) is 2.88. The van der Waals surface area contributed by atoms with Crippen molar-refractivity contribution in [3.05, 3.63) is 64.6 Å². The maximum absolute atomic E-state index is 12.3. The fourth-order valence-electron chi connectivity index (χ4n) is 2.45. The molecular formula is C16H13N3O. The average Bonchev–Trinajstić information content (AvgIpc) is 2.71. The summed E-state index contributed by atoms with van der Waals surface area (Å²) >= 11 is 0. The molecule has 98 valence electrons. The molecule has 0 saturated heterocycles. The van der Waals surface area contributed by atoms with E-state index >= 15 is 0 Å². The van der Waals surface area contributed by atoms with Crippen LogP contribution in [0.1, 0.15) is 11.1 Å². The monoisotopic (exact) mass is 263 g/mol. The molecule has 0 fully saturated rings. The first kappa shape index (κ1) is 12.2. The first-order valence-corrected chi connectivity index (χ1v) is 6.39. The van der Waals surface area contributed by atoms with Crippen LogP contribution in [0.15, 0.2) is 48.5 Å². The molecule has 3 aromatic rings. The zero-order valence-corrected chi connectivity index (χ0v) is 11.1. The Labute approximate surface area is 116 Å². The number of diazo groups is 1. The van der Waals surface area contributed by atoms with Crippen molar-refractivity contribution in [1.82, 2.24) is 4.57 Å². The largest absolute Gasteiger partial charge is 0.854 e. The molecule has 0 amide bonds. The highest BCUT2D eigenvalue weighted by Crippen LogP contribution is 2.37. The number of nitrogens with zero attached hydrogens (tertiary/aromatic N) is 3. The lowest BCUT2D eigenvalue weighted by Gasteiger charge is -2.11. The summed E-state index contributed by atoms with van der Waals surface area (Å²) in [5, 5.41) is 22.1. The molecule has 0 unspecified atom stereocenters. The van der Waals surface area contributed by atoms with E-state index in [1.807, 2.05) is 55.5 Å². The van der Waals surface area contributed by atoms with Gasteiger partial charge in [0.05, 0.1) is 16.8 Å². The number of fused-ring (bicyclic) bond motifs is 1. The van der Waals surface area contributed by atoms with Crippen molar-refractivity contribution < 1.29 is 5.11 Å². The van der Waals surface area contributed by atoms with Gasteiger partial charge in [0.1, 0.15) is 0 Å². The first-order valence-electron chi connectivity index (χ1n) is 6.39. The van der Waals surface area contributed by atoms with Crippen LogP contribution in [0.3, 0.4) is 0 Å². The van der Waals surface area contributed by atoms with E-state index in [1.165, 1.54) is 0 Å². The molecule has 0 radical (unpaired) electrons. The normalized spacial score (nSPS) is 10.6. The summed E-state index contributed by atoms with van der Waals surface area (Å²) in [5.74, 6) is -0.267. The molecule has 2 aromatic carbocycles. The summed E-state index contributed by atoms with van der Waals surface area (Å²) in [6.07, 6.45) is 0. The Hall–Kier alpha value is -2.80. The number of hydrogen-bond donors (Lipinski definition) is 0. The lowest BCUT2D eigenvalue weighted by Crippen LogP contribution is -2.05. The van der Waals surface area contributed by atoms with Crippen LogP contribution in [0.4, 0.5) is 5.69 Å². The van der Waals surface area contributed by atoms with Crippen LogP contribution in [0.2, 0.25) is 0 Å². The van der Waals surface area contributed by atoms with Gasteiger partial charge in [-0.15, -0.1) is 0 Å². The number of aromatic nitrogens is 1. The van der Waals surface area contributed by atoms with Gasteiger partial charge in [-0.05, 0) is 24.6 Å². The zero-order valence-electron chi connectivity index (χ0n) is 11.1. The van der Waals surface area contributed by atoms with E-state index in [-0.39, 0.29) is 11.6 Å². The maximum Gasteiger partial charge on any atom is 0.402 e. The second-order valence-corrected chi connectivity index (χ2v) is 4.85. The van der Waals surface area contributed by atoms with Crippen molar-refractivity contribution in [3.63, 3.8) is 0 Å². The highest BCUT2D eigenvalue weighted by molar-refractivity contribution is 5.97. The van der Waals surface area contributed by atoms with Gasteiger partial charge in [-0.25, -0.2) is 0 Å². The molecule has 0 N–H and O–H groups in total. The number of rotatable bonds is 2. The Bertz CT molecular complexity index is 813. The summed E-state index contributed by atoms with van der Waals surface area (Å²) in [6, 6.07) is 15.5. The SMILES string of the molecule is Cc1ccc2c(c1)c([N+]#N)c([O-])n2Cc1ccccc1. The first-order chi connectivity index (χ1) is 9.70. The van der Waals surface area contributed by atoms with Gasteiger partial charge in [0, 0.05) is 6.54 Å². The van der Waals surface area contributed by atoms with Crippen molar-refractivity contribution in [1.29, 1.82) is 5.39 Å². The van der Waals surface area contributed by atoms with Crippen LogP contribution >= 0.6 is 0 Å². The van der Waals surface area contributed by atoms with Gasteiger partial charge >= 0.3 is 5.69 Å². The predicted molar refractivity (Wildman–Crippen MR) is 76.4 cm³/mol. The van der Waals surface area contributed by atoms with E-state index in [1.54, 1.807) is 4.57 Å².